The maximum Gasteiger partial charge on any atom is 0.0166 e. The van der Waals surface area contributed by atoms with Crippen LogP contribution in [-0.2, 0) is 0 Å². The molecule has 1 heterocycles. The van der Waals surface area contributed by atoms with E-state index < -0.39 is 0 Å². The van der Waals surface area contributed by atoms with Crippen molar-refractivity contribution >= 4 is 0 Å². The van der Waals surface area contributed by atoms with Gasteiger partial charge >= 0.3 is 0 Å². The highest BCUT2D eigenvalue weighted by molar-refractivity contribution is 4.72. The average Bonchev–Trinajstić information content (AvgIpc) is 2.70. The van der Waals surface area contributed by atoms with E-state index in [9.17, 15) is 0 Å². The standard InChI is InChI=1S/C13H28N2/c1-3-4-5-6-9-14-13(2)12-15-10-7-8-11-15/h13-14H,3-12H2,1-2H3. The molecule has 0 spiro atoms. The largest absolute Gasteiger partial charge is 0.313 e. The molecule has 0 aliphatic carbocycles. The fraction of sp³-hybridized carbons (Fsp3) is 1.00. The Morgan fingerprint density at radius 1 is 1.13 bits per heavy atom. The van der Waals surface area contributed by atoms with Crippen LogP contribution in [0.15, 0.2) is 0 Å². The van der Waals surface area contributed by atoms with Crippen molar-refractivity contribution in [3.63, 3.8) is 0 Å². The maximum atomic E-state index is 3.63. The topological polar surface area (TPSA) is 15.3 Å². The second kappa shape index (κ2) is 8.12. The quantitative estimate of drug-likeness (QED) is 0.622. The average molecular weight is 212 g/mol. The highest BCUT2D eigenvalue weighted by atomic mass is 15.2. The van der Waals surface area contributed by atoms with Gasteiger partial charge in [0.15, 0.2) is 0 Å². The minimum Gasteiger partial charge on any atom is -0.313 e. The zero-order valence-corrected chi connectivity index (χ0v) is 10.6. The van der Waals surface area contributed by atoms with Crippen molar-refractivity contribution < 1.29 is 0 Å². The predicted molar refractivity (Wildman–Crippen MR) is 67.3 cm³/mol. The van der Waals surface area contributed by atoms with Gasteiger partial charge in [-0.05, 0) is 45.8 Å². The van der Waals surface area contributed by atoms with Crippen molar-refractivity contribution in [2.75, 3.05) is 26.2 Å². The number of unbranched alkanes of at least 4 members (excludes halogenated alkanes) is 3. The zero-order valence-electron chi connectivity index (χ0n) is 10.6. The van der Waals surface area contributed by atoms with Gasteiger partial charge in [-0.25, -0.2) is 0 Å². The molecule has 1 saturated heterocycles. The van der Waals surface area contributed by atoms with E-state index in [-0.39, 0.29) is 0 Å². The molecule has 0 bridgehead atoms. The molecule has 1 N–H and O–H groups in total. The summed E-state index contributed by atoms with van der Waals surface area (Å²) >= 11 is 0. The first kappa shape index (κ1) is 13.0. The fourth-order valence-electron chi connectivity index (χ4n) is 2.32. The summed E-state index contributed by atoms with van der Waals surface area (Å²) in [6.45, 7) is 9.67. The van der Waals surface area contributed by atoms with Crippen molar-refractivity contribution in [1.82, 2.24) is 10.2 Å². The number of rotatable bonds is 8. The molecule has 0 aromatic carbocycles. The molecular weight excluding hydrogens is 184 g/mol. The Kier molecular flexibility index (Phi) is 7.03. The van der Waals surface area contributed by atoms with E-state index in [1.165, 1.54) is 64.7 Å². The summed E-state index contributed by atoms with van der Waals surface area (Å²) in [4.78, 5) is 2.59. The third-order valence-electron chi connectivity index (χ3n) is 3.25. The van der Waals surface area contributed by atoms with Gasteiger partial charge in [-0.1, -0.05) is 26.2 Å². The second-order valence-electron chi connectivity index (χ2n) is 4.92. The van der Waals surface area contributed by atoms with Gasteiger partial charge in [-0.2, -0.15) is 0 Å². The molecule has 1 rings (SSSR count). The van der Waals surface area contributed by atoms with Crippen LogP contribution < -0.4 is 5.32 Å². The minimum absolute atomic E-state index is 0.671. The second-order valence-corrected chi connectivity index (χ2v) is 4.92. The molecule has 1 aliphatic rings. The van der Waals surface area contributed by atoms with E-state index in [0.29, 0.717) is 6.04 Å². The Morgan fingerprint density at radius 2 is 1.87 bits per heavy atom. The van der Waals surface area contributed by atoms with Gasteiger partial charge < -0.3 is 10.2 Å². The third-order valence-corrected chi connectivity index (χ3v) is 3.25. The van der Waals surface area contributed by atoms with Crippen molar-refractivity contribution in [1.29, 1.82) is 0 Å². The third kappa shape index (κ3) is 6.16. The number of nitrogens with zero attached hydrogens (tertiary/aromatic N) is 1. The predicted octanol–water partition coefficient (Wildman–Crippen LogP) is 2.64. The van der Waals surface area contributed by atoms with Crippen LogP contribution in [0.4, 0.5) is 0 Å². The summed E-state index contributed by atoms with van der Waals surface area (Å²) in [5.41, 5.74) is 0. The Balaban J connectivity index is 1.91. The number of hydrogen-bond donors (Lipinski definition) is 1. The van der Waals surface area contributed by atoms with Gasteiger partial charge in [-0.15, -0.1) is 0 Å². The molecule has 0 aromatic rings. The lowest BCUT2D eigenvalue weighted by Crippen LogP contribution is -2.38. The first-order chi connectivity index (χ1) is 7.33. The molecule has 0 aromatic heterocycles. The molecule has 1 unspecified atom stereocenters. The van der Waals surface area contributed by atoms with E-state index in [1.54, 1.807) is 0 Å². The smallest absolute Gasteiger partial charge is 0.0166 e. The molecule has 2 nitrogen and oxygen atoms in total. The highest BCUT2D eigenvalue weighted by Gasteiger charge is 2.13. The zero-order chi connectivity index (χ0) is 10.9. The first-order valence-corrected chi connectivity index (χ1v) is 6.78. The van der Waals surface area contributed by atoms with E-state index in [4.69, 9.17) is 0 Å². The van der Waals surface area contributed by atoms with Crippen molar-refractivity contribution in [3.05, 3.63) is 0 Å². The van der Waals surface area contributed by atoms with Gasteiger partial charge in [0.05, 0.1) is 0 Å². The molecule has 0 saturated carbocycles. The SMILES string of the molecule is CCCCCCNC(C)CN1CCCC1. The molecule has 0 radical (unpaired) electrons. The lowest BCUT2D eigenvalue weighted by atomic mass is 10.2. The van der Waals surface area contributed by atoms with Crippen molar-refractivity contribution in [2.24, 2.45) is 0 Å². The Labute approximate surface area is 95.4 Å². The van der Waals surface area contributed by atoms with Crippen LogP contribution in [0.2, 0.25) is 0 Å². The van der Waals surface area contributed by atoms with Gasteiger partial charge in [0, 0.05) is 12.6 Å². The van der Waals surface area contributed by atoms with Crippen LogP contribution in [0.5, 0.6) is 0 Å². The van der Waals surface area contributed by atoms with Gasteiger partial charge in [-0.3, -0.25) is 0 Å². The van der Waals surface area contributed by atoms with Gasteiger partial charge in [0.25, 0.3) is 0 Å². The Morgan fingerprint density at radius 3 is 2.53 bits per heavy atom. The highest BCUT2D eigenvalue weighted by Crippen LogP contribution is 2.07. The van der Waals surface area contributed by atoms with Crippen LogP contribution in [0.3, 0.4) is 0 Å². The number of nitrogens with one attached hydrogen (secondary N) is 1. The van der Waals surface area contributed by atoms with Crippen molar-refractivity contribution in [3.8, 4) is 0 Å². The van der Waals surface area contributed by atoms with Crippen LogP contribution in [-0.4, -0.2) is 37.1 Å². The lowest BCUT2D eigenvalue weighted by molar-refractivity contribution is 0.298. The number of likely N-dealkylation sites (tertiary alicyclic amines) is 1. The van der Waals surface area contributed by atoms with Crippen LogP contribution >= 0.6 is 0 Å². The molecule has 2 heteroatoms. The van der Waals surface area contributed by atoms with Gasteiger partial charge in [0.2, 0.25) is 0 Å². The van der Waals surface area contributed by atoms with Crippen molar-refractivity contribution in [2.45, 2.75) is 58.4 Å². The molecule has 90 valence electrons. The summed E-state index contributed by atoms with van der Waals surface area (Å²) in [5, 5.41) is 3.63. The monoisotopic (exact) mass is 212 g/mol. The van der Waals surface area contributed by atoms with Crippen LogP contribution in [0.25, 0.3) is 0 Å². The van der Waals surface area contributed by atoms with E-state index in [2.05, 4.69) is 24.1 Å². The van der Waals surface area contributed by atoms with E-state index in [0.717, 1.165) is 0 Å². The fourth-order valence-corrected chi connectivity index (χ4v) is 2.32. The summed E-state index contributed by atoms with van der Waals surface area (Å²) in [6.07, 6.45) is 8.27. The lowest BCUT2D eigenvalue weighted by Gasteiger charge is -2.21. The van der Waals surface area contributed by atoms with Crippen LogP contribution in [0.1, 0.15) is 52.4 Å². The van der Waals surface area contributed by atoms with Crippen LogP contribution in [0, 0.1) is 0 Å². The summed E-state index contributed by atoms with van der Waals surface area (Å²) in [5.74, 6) is 0. The summed E-state index contributed by atoms with van der Waals surface area (Å²) in [6, 6.07) is 0.671. The van der Waals surface area contributed by atoms with Gasteiger partial charge in [0.1, 0.15) is 0 Å². The number of hydrogen-bond acceptors (Lipinski definition) is 2. The van der Waals surface area contributed by atoms with E-state index >= 15 is 0 Å². The Hall–Kier alpha value is -0.0800. The molecule has 0 amide bonds. The molecule has 1 atom stereocenters. The molecule has 15 heavy (non-hydrogen) atoms. The maximum absolute atomic E-state index is 3.63. The Bertz CT molecular complexity index is 141. The summed E-state index contributed by atoms with van der Waals surface area (Å²) in [7, 11) is 0. The first-order valence-electron chi connectivity index (χ1n) is 6.78. The van der Waals surface area contributed by atoms with E-state index in [1.807, 2.05) is 0 Å². The summed E-state index contributed by atoms with van der Waals surface area (Å²) < 4.78 is 0. The minimum atomic E-state index is 0.671. The normalized spacial score (nSPS) is 19.6. The molecular formula is C13H28N2. The molecule has 1 fully saturated rings. The molecule has 1 aliphatic heterocycles.